The van der Waals surface area contributed by atoms with Crippen molar-refractivity contribution >= 4 is 29.1 Å². The van der Waals surface area contributed by atoms with Crippen molar-refractivity contribution in [2.75, 3.05) is 14.2 Å². The number of amides is 2. The second-order valence-corrected chi connectivity index (χ2v) is 7.81. The van der Waals surface area contributed by atoms with E-state index in [0.29, 0.717) is 27.7 Å². The van der Waals surface area contributed by atoms with Gasteiger partial charge >= 0.3 is 0 Å². The molecule has 0 radical (unpaired) electrons. The highest BCUT2D eigenvalue weighted by Crippen LogP contribution is 2.38. The molecular formula is C24H21NO5S. The van der Waals surface area contributed by atoms with Gasteiger partial charge in [-0.2, -0.15) is 0 Å². The van der Waals surface area contributed by atoms with Crippen LogP contribution in [-0.2, 0) is 21.9 Å². The second-order valence-electron chi connectivity index (χ2n) is 6.82. The Balaban J connectivity index is 1.64. The summed E-state index contributed by atoms with van der Waals surface area (Å²) in [6.07, 6.45) is 1.59. The standard InChI is InChI=1S/C24H21NO5S/c1-28-19-11-10-16(13-20(19)29-2)14-25-23(26)21(17-7-4-3-5-8-17)22(24(25)27)31-15-18-9-6-12-30-18/h3-13H,14-15H2,1-2H3. The normalized spacial score (nSPS) is 13.8. The Labute approximate surface area is 184 Å². The molecule has 1 aliphatic heterocycles. The van der Waals surface area contributed by atoms with Gasteiger partial charge in [-0.1, -0.05) is 36.4 Å². The second kappa shape index (κ2) is 9.14. The van der Waals surface area contributed by atoms with E-state index in [1.807, 2.05) is 42.5 Å². The van der Waals surface area contributed by atoms with E-state index in [1.165, 1.54) is 16.7 Å². The van der Waals surface area contributed by atoms with Crippen LogP contribution in [0.4, 0.5) is 0 Å². The summed E-state index contributed by atoms with van der Waals surface area (Å²) in [5, 5.41) is 0. The third kappa shape index (κ3) is 4.22. The number of thioether (sulfide) groups is 1. The number of carbonyl (C=O) groups excluding carboxylic acids is 2. The van der Waals surface area contributed by atoms with Crippen LogP contribution in [-0.4, -0.2) is 30.9 Å². The molecule has 2 amide bonds. The number of furan rings is 1. The van der Waals surface area contributed by atoms with Crippen molar-refractivity contribution in [3.63, 3.8) is 0 Å². The Hall–Kier alpha value is -3.45. The third-order valence-corrected chi connectivity index (χ3v) is 6.01. The average Bonchev–Trinajstić information content (AvgIpc) is 3.40. The maximum atomic E-state index is 13.3. The van der Waals surface area contributed by atoms with Crippen LogP contribution >= 0.6 is 11.8 Å². The molecule has 4 rings (SSSR count). The molecule has 6 nitrogen and oxygen atoms in total. The van der Waals surface area contributed by atoms with Gasteiger partial charge in [0.05, 0.1) is 43.3 Å². The highest BCUT2D eigenvalue weighted by molar-refractivity contribution is 8.03. The SMILES string of the molecule is COc1ccc(CN2C(=O)C(SCc3ccco3)=C(c3ccccc3)C2=O)cc1OC. The van der Waals surface area contributed by atoms with Crippen LogP contribution in [0.1, 0.15) is 16.9 Å². The van der Waals surface area contributed by atoms with Gasteiger partial charge in [-0.3, -0.25) is 14.5 Å². The van der Waals surface area contributed by atoms with E-state index < -0.39 is 0 Å². The zero-order valence-electron chi connectivity index (χ0n) is 17.2. The zero-order chi connectivity index (χ0) is 21.8. The number of methoxy groups -OCH3 is 2. The largest absolute Gasteiger partial charge is 0.493 e. The molecule has 0 saturated heterocycles. The van der Waals surface area contributed by atoms with Gasteiger partial charge in [-0.05, 0) is 35.4 Å². The molecule has 1 aromatic heterocycles. The van der Waals surface area contributed by atoms with Gasteiger partial charge in [0, 0.05) is 0 Å². The summed E-state index contributed by atoms with van der Waals surface area (Å²) in [4.78, 5) is 28.3. The first kappa shape index (κ1) is 20.8. The molecule has 0 spiro atoms. The van der Waals surface area contributed by atoms with Crippen molar-refractivity contribution in [2.24, 2.45) is 0 Å². The first-order chi connectivity index (χ1) is 15.1. The number of hydrogen-bond donors (Lipinski definition) is 0. The van der Waals surface area contributed by atoms with E-state index in [9.17, 15) is 9.59 Å². The maximum Gasteiger partial charge on any atom is 0.268 e. The van der Waals surface area contributed by atoms with E-state index in [-0.39, 0.29) is 18.4 Å². The summed E-state index contributed by atoms with van der Waals surface area (Å²) < 4.78 is 16.0. The molecule has 2 heterocycles. The molecule has 1 aliphatic rings. The lowest BCUT2D eigenvalue weighted by atomic mass is 10.1. The summed E-state index contributed by atoms with van der Waals surface area (Å²) in [5.74, 6) is 1.71. The van der Waals surface area contributed by atoms with Gasteiger partial charge in [-0.15, -0.1) is 11.8 Å². The molecule has 0 aliphatic carbocycles. The molecule has 2 aromatic carbocycles. The predicted octanol–water partition coefficient (Wildman–Crippen LogP) is 4.51. The highest BCUT2D eigenvalue weighted by atomic mass is 32.2. The van der Waals surface area contributed by atoms with Crippen molar-refractivity contribution < 1.29 is 23.5 Å². The monoisotopic (exact) mass is 435 g/mol. The fourth-order valence-corrected chi connectivity index (χ4v) is 4.42. The highest BCUT2D eigenvalue weighted by Gasteiger charge is 2.39. The lowest BCUT2D eigenvalue weighted by Crippen LogP contribution is -2.30. The van der Waals surface area contributed by atoms with E-state index in [4.69, 9.17) is 13.9 Å². The Bertz CT molecular complexity index is 1120. The van der Waals surface area contributed by atoms with Crippen LogP contribution < -0.4 is 9.47 Å². The number of carbonyl (C=O) groups is 2. The smallest absolute Gasteiger partial charge is 0.268 e. The third-order valence-electron chi connectivity index (χ3n) is 4.92. The van der Waals surface area contributed by atoms with Gasteiger partial charge in [-0.25, -0.2) is 0 Å². The maximum absolute atomic E-state index is 13.3. The van der Waals surface area contributed by atoms with Crippen molar-refractivity contribution in [3.05, 3.63) is 88.7 Å². The molecule has 0 bridgehead atoms. The quantitative estimate of drug-likeness (QED) is 0.485. The summed E-state index contributed by atoms with van der Waals surface area (Å²) in [6.45, 7) is 0.138. The summed E-state index contributed by atoms with van der Waals surface area (Å²) in [7, 11) is 3.11. The topological polar surface area (TPSA) is 69.0 Å². The number of nitrogens with zero attached hydrogens (tertiary/aromatic N) is 1. The fourth-order valence-electron chi connectivity index (χ4n) is 3.39. The van der Waals surface area contributed by atoms with Crippen LogP contribution in [0.5, 0.6) is 11.5 Å². The molecule has 0 unspecified atom stereocenters. The van der Waals surface area contributed by atoms with Crippen LogP contribution in [0.3, 0.4) is 0 Å². The Morgan fingerprint density at radius 2 is 1.68 bits per heavy atom. The Kier molecular flexibility index (Phi) is 6.13. The Morgan fingerprint density at radius 1 is 0.903 bits per heavy atom. The van der Waals surface area contributed by atoms with Gasteiger partial charge < -0.3 is 13.9 Å². The minimum absolute atomic E-state index is 0.138. The van der Waals surface area contributed by atoms with Crippen molar-refractivity contribution in [1.82, 2.24) is 4.90 Å². The summed E-state index contributed by atoms with van der Waals surface area (Å²) in [5.41, 5.74) is 1.91. The number of hydrogen-bond acceptors (Lipinski definition) is 6. The van der Waals surface area contributed by atoms with Gasteiger partial charge in [0.1, 0.15) is 5.76 Å². The summed E-state index contributed by atoms with van der Waals surface area (Å²) >= 11 is 1.31. The minimum atomic E-state index is -0.312. The Morgan fingerprint density at radius 3 is 2.35 bits per heavy atom. The van der Waals surface area contributed by atoms with Crippen molar-refractivity contribution in [2.45, 2.75) is 12.3 Å². The summed E-state index contributed by atoms with van der Waals surface area (Å²) in [6, 6.07) is 18.3. The molecule has 0 saturated carbocycles. The molecule has 0 fully saturated rings. The molecule has 0 atom stereocenters. The number of benzene rings is 2. The van der Waals surface area contributed by atoms with Crippen molar-refractivity contribution in [1.29, 1.82) is 0 Å². The molecule has 3 aromatic rings. The first-order valence-corrected chi connectivity index (χ1v) is 10.6. The van der Waals surface area contributed by atoms with Crippen LogP contribution in [0.25, 0.3) is 5.57 Å². The average molecular weight is 436 g/mol. The van der Waals surface area contributed by atoms with Gasteiger partial charge in [0.2, 0.25) is 0 Å². The predicted molar refractivity (Wildman–Crippen MR) is 118 cm³/mol. The van der Waals surface area contributed by atoms with Gasteiger partial charge in [0.15, 0.2) is 11.5 Å². The van der Waals surface area contributed by atoms with E-state index >= 15 is 0 Å². The van der Waals surface area contributed by atoms with E-state index in [1.54, 1.807) is 38.7 Å². The van der Waals surface area contributed by atoms with E-state index in [2.05, 4.69) is 0 Å². The number of imide groups is 1. The van der Waals surface area contributed by atoms with Crippen molar-refractivity contribution in [3.8, 4) is 11.5 Å². The van der Waals surface area contributed by atoms with Gasteiger partial charge in [0.25, 0.3) is 11.8 Å². The van der Waals surface area contributed by atoms with Crippen LogP contribution in [0.15, 0.2) is 76.2 Å². The minimum Gasteiger partial charge on any atom is -0.493 e. The molecule has 158 valence electrons. The molecular weight excluding hydrogens is 414 g/mol. The van der Waals surface area contributed by atoms with E-state index in [0.717, 1.165) is 16.9 Å². The molecule has 7 heteroatoms. The fraction of sp³-hybridized carbons (Fsp3) is 0.167. The zero-order valence-corrected chi connectivity index (χ0v) is 18.0. The lowest BCUT2D eigenvalue weighted by Gasteiger charge is -2.16. The molecule has 0 N–H and O–H groups in total. The lowest BCUT2D eigenvalue weighted by molar-refractivity contribution is -0.137. The molecule has 31 heavy (non-hydrogen) atoms. The van der Waals surface area contributed by atoms with Crippen LogP contribution in [0, 0.1) is 0 Å². The first-order valence-electron chi connectivity index (χ1n) is 9.64. The number of ether oxygens (including phenoxy) is 2. The van der Waals surface area contributed by atoms with Crippen LogP contribution in [0.2, 0.25) is 0 Å². The number of rotatable bonds is 8.